The summed E-state index contributed by atoms with van der Waals surface area (Å²) in [6.45, 7) is 27.8. The monoisotopic (exact) mass is 820 g/mol. The molecule has 2 aliphatic carbocycles. The fourth-order valence-corrected chi connectivity index (χ4v) is 9.03. The molecule has 8 heteroatoms. The van der Waals surface area contributed by atoms with E-state index in [1.54, 1.807) is 0 Å². The van der Waals surface area contributed by atoms with E-state index in [1.807, 2.05) is 6.92 Å². The molecule has 0 amide bonds. The number of aryl methyl sites for hydroxylation is 2. The van der Waals surface area contributed by atoms with E-state index in [-0.39, 0.29) is 5.41 Å². The molecule has 6 nitrogen and oxygen atoms in total. The Balaban J connectivity index is 1.13. The van der Waals surface area contributed by atoms with Crippen molar-refractivity contribution >= 4 is 53.6 Å². The van der Waals surface area contributed by atoms with E-state index in [9.17, 15) is 0 Å². The van der Waals surface area contributed by atoms with Gasteiger partial charge in [0.2, 0.25) is 0 Å². The molecule has 0 radical (unpaired) electrons. The number of fused-ring (bicyclic) bond motifs is 3. The van der Waals surface area contributed by atoms with Gasteiger partial charge in [-0.2, -0.15) is 0 Å². The van der Waals surface area contributed by atoms with Gasteiger partial charge in [0.25, 0.3) is 0 Å². The second kappa shape index (κ2) is 14.6. The Morgan fingerprint density at radius 3 is 1.32 bits per heavy atom. The van der Waals surface area contributed by atoms with Gasteiger partial charge in [0, 0.05) is 33.9 Å². The van der Waals surface area contributed by atoms with Crippen LogP contribution in [0.1, 0.15) is 98.4 Å². The molecule has 2 heterocycles. The zero-order valence-corrected chi connectivity index (χ0v) is 38.7. The van der Waals surface area contributed by atoms with Gasteiger partial charge in [-0.3, -0.25) is 0 Å². The fraction of sp³-hybridized carbons (Fsp3) is 0.333. The van der Waals surface area contributed by atoms with Crippen LogP contribution in [-0.4, -0.2) is 36.6 Å². The Hall–Kier alpha value is -5.29. The van der Waals surface area contributed by atoms with Crippen LogP contribution in [0, 0.1) is 13.8 Å². The third-order valence-corrected chi connectivity index (χ3v) is 14.2. The van der Waals surface area contributed by atoms with Crippen molar-refractivity contribution < 1.29 is 18.6 Å². The molecule has 2 fully saturated rings. The van der Waals surface area contributed by atoms with E-state index in [4.69, 9.17) is 18.6 Å². The van der Waals surface area contributed by atoms with Gasteiger partial charge in [0.1, 0.15) is 0 Å². The molecule has 5 aromatic carbocycles. The van der Waals surface area contributed by atoms with E-state index in [2.05, 4.69) is 220 Å². The quantitative estimate of drug-likeness (QED) is 0.115. The van der Waals surface area contributed by atoms with E-state index in [0.29, 0.717) is 0 Å². The summed E-state index contributed by atoms with van der Waals surface area (Å²) in [5.74, 6) is 0. The maximum Gasteiger partial charge on any atom is 0.494 e. The van der Waals surface area contributed by atoms with Crippen LogP contribution < -0.4 is 20.7 Å². The Labute approximate surface area is 369 Å². The van der Waals surface area contributed by atoms with Gasteiger partial charge in [0.05, 0.1) is 28.1 Å². The van der Waals surface area contributed by atoms with Crippen molar-refractivity contribution in [2.75, 3.05) is 9.80 Å². The number of rotatable bonds is 8. The summed E-state index contributed by atoms with van der Waals surface area (Å²) in [7, 11) is -0.870. The first-order valence-electron chi connectivity index (χ1n) is 21.9. The van der Waals surface area contributed by atoms with Crippen LogP contribution in [0.25, 0.3) is 11.1 Å². The molecule has 2 saturated heterocycles. The highest BCUT2D eigenvalue weighted by atomic mass is 16.7. The molecule has 4 aliphatic rings. The number of benzene rings is 5. The summed E-state index contributed by atoms with van der Waals surface area (Å²) < 4.78 is 25.7. The largest absolute Gasteiger partial charge is 0.494 e. The molecule has 0 atom stereocenters. The van der Waals surface area contributed by atoms with Gasteiger partial charge in [-0.25, -0.2) is 0 Å². The molecule has 9 rings (SSSR count). The molecule has 0 bridgehead atoms. The SMILES string of the molecule is CC1=C=C=C(N(c2ccc(B3OC(C)(C)C(C)(C)O3)cc2)c2ccc3c(c2)-c2cc(N(c4ccc(B5OC(C)(C)C(C)(C)O5)cc4)c4ccc(C)cc4C)ccc2C3(C)C)C=C1. The Bertz CT molecular complexity index is 2720. The molecule has 0 N–H and O–H groups in total. The van der Waals surface area contributed by atoms with Gasteiger partial charge < -0.3 is 28.4 Å². The standard InChI is InChI=1S/C54H58B2N2O4/c1-35-14-21-40(22-15-35)57(41-23-17-38(18-24-41)55-59-51(6,7)52(8,9)60-55)43-27-29-47-45(33-43)46-34-44(28-30-48(46)50(47,4)5)58(49-31-16-36(2)32-37(49)3)42-25-19-39(20-26-42)56-61-53(10,11)54(12,13)62-56/h14,16-21,23-34H,1-13H3. The van der Waals surface area contributed by atoms with Crippen LogP contribution in [0.5, 0.6) is 0 Å². The van der Waals surface area contributed by atoms with Crippen molar-refractivity contribution in [2.45, 2.75) is 118 Å². The summed E-state index contributed by atoms with van der Waals surface area (Å²) in [4.78, 5) is 4.64. The number of anilines is 5. The first kappa shape index (κ1) is 42.0. The molecule has 314 valence electrons. The molecule has 2 aliphatic heterocycles. The Kier molecular flexibility index (Phi) is 9.93. The lowest BCUT2D eigenvalue weighted by Crippen LogP contribution is -2.41. The average Bonchev–Trinajstić information content (AvgIpc) is 3.69. The molecule has 5 aromatic rings. The maximum atomic E-state index is 6.43. The predicted octanol–water partition coefficient (Wildman–Crippen LogP) is 12.0. The summed E-state index contributed by atoms with van der Waals surface area (Å²) in [6, 6.07) is 37.8. The smallest absolute Gasteiger partial charge is 0.399 e. The lowest BCUT2D eigenvalue weighted by atomic mass is 9.79. The van der Waals surface area contributed by atoms with Crippen molar-refractivity contribution in [3.8, 4) is 11.1 Å². The first-order valence-corrected chi connectivity index (χ1v) is 21.9. The van der Waals surface area contributed by atoms with E-state index in [0.717, 1.165) is 50.6 Å². The average molecular weight is 821 g/mol. The summed E-state index contributed by atoms with van der Waals surface area (Å²) in [5, 5.41) is 0. The van der Waals surface area contributed by atoms with Gasteiger partial charge in [-0.1, -0.05) is 73.7 Å². The minimum atomic E-state index is -0.439. The third-order valence-electron chi connectivity index (χ3n) is 14.2. The number of allylic oxidation sites excluding steroid dienone is 3. The maximum absolute atomic E-state index is 6.43. The molecule has 62 heavy (non-hydrogen) atoms. The highest BCUT2D eigenvalue weighted by Gasteiger charge is 2.53. The van der Waals surface area contributed by atoms with Gasteiger partial charge in [-0.15, -0.1) is 0 Å². The molecule has 0 spiro atoms. The van der Waals surface area contributed by atoms with Crippen LogP contribution in [0.3, 0.4) is 0 Å². The third kappa shape index (κ3) is 7.04. The second-order valence-electron chi connectivity index (χ2n) is 20.1. The van der Waals surface area contributed by atoms with Gasteiger partial charge >= 0.3 is 14.2 Å². The van der Waals surface area contributed by atoms with Crippen LogP contribution >= 0.6 is 0 Å². The number of nitrogens with zero attached hydrogens (tertiary/aromatic N) is 2. The second-order valence-corrected chi connectivity index (χ2v) is 20.1. The van der Waals surface area contributed by atoms with Crippen molar-refractivity contribution in [2.24, 2.45) is 0 Å². The van der Waals surface area contributed by atoms with Crippen LogP contribution in [0.15, 0.2) is 138 Å². The van der Waals surface area contributed by atoms with E-state index >= 15 is 0 Å². The molecular weight excluding hydrogens is 762 g/mol. The number of hydrogen-bond acceptors (Lipinski definition) is 6. The Morgan fingerprint density at radius 1 is 0.452 bits per heavy atom. The van der Waals surface area contributed by atoms with Crippen molar-refractivity contribution in [1.82, 2.24) is 0 Å². The minimum absolute atomic E-state index is 0.199. The van der Waals surface area contributed by atoms with Crippen molar-refractivity contribution in [3.63, 3.8) is 0 Å². The minimum Gasteiger partial charge on any atom is -0.399 e. The van der Waals surface area contributed by atoms with Crippen molar-refractivity contribution in [1.29, 1.82) is 0 Å². The fourth-order valence-electron chi connectivity index (χ4n) is 9.03. The number of hydrogen-bond donors (Lipinski definition) is 0. The predicted molar refractivity (Wildman–Crippen MR) is 257 cm³/mol. The van der Waals surface area contributed by atoms with Gasteiger partial charge in [0.15, 0.2) is 0 Å². The van der Waals surface area contributed by atoms with Crippen LogP contribution in [0.4, 0.5) is 28.4 Å². The normalized spacial score (nSPS) is 19.6. The lowest BCUT2D eigenvalue weighted by molar-refractivity contribution is 0.00578. The molecule has 0 saturated carbocycles. The summed E-state index contributed by atoms with van der Waals surface area (Å²) in [5.41, 5.74) is 21.7. The highest BCUT2D eigenvalue weighted by molar-refractivity contribution is 6.62. The summed E-state index contributed by atoms with van der Waals surface area (Å²) in [6.07, 6.45) is 4.22. The van der Waals surface area contributed by atoms with Crippen molar-refractivity contribution in [3.05, 3.63) is 160 Å². The van der Waals surface area contributed by atoms with Gasteiger partial charge in [-0.05, 0) is 193 Å². The Morgan fingerprint density at radius 2 is 0.887 bits per heavy atom. The lowest BCUT2D eigenvalue weighted by Gasteiger charge is -2.32. The summed E-state index contributed by atoms with van der Waals surface area (Å²) >= 11 is 0. The van der Waals surface area contributed by atoms with E-state index in [1.165, 1.54) is 33.4 Å². The zero-order chi connectivity index (χ0) is 44.1. The van der Waals surface area contributed by atoms with Crippen LogP contribution in [0.2, 0.25) is 0 Å². The van der Waals surface area contributed by atoms with E-state index < -0.39 is 36.6 Å². The molecule has 0 unspecified atom stereocenters. The topological polar surface area (TPSA) is 43.4 Å². The van der Waals surface area contributed by atoms with Crippen LogP contribution in [-0.2, 0) is 24.0 Å². The zero-order valence-electron chi connectivity index (χ0n) is 38.7. The highest BCUT2D eigenvalue weighted by Crippen LogP contribution is 2.52. The first-order chi connectivity index (χ1) is 29.2. The molecule has 0 aromatic heterocycles. The molecular formula is C54H58B2N2O4.